The van der Waals surface area contributed by atoms with Gasteiger partial charge in [-0.15, -0.1) is 0 Å². The van der Waals surface area contributed by atoms with Crippen LogP contribution in [0.2, 0.25) is 0 Å². The summed E-state index contributed by atoms with van der Waals surface area (Å²) in [6.45, 7) is 4.64. The molecule has 30 heavy (non-hydrogen) atoms. The summed E-state index contributed by atoms with van der Waals surface area (Å²) in [6, 6.07) is 6.80. The van der Waals surface area contributed by atoms with Gasteiger partial charge in [0, 0.05) is 24.3 Å². The Kier molecular flexibility index (Phi) is 7.03. The molecule has 0 aliphatic rings. The Morgan fingerprint density at radius 1 is 1.20 bits per heavy atom. The number of aromatic nitrogens is 4. The van der Waals surface area contributed by atoms with Crippen LogP contribution in [0.3, 0.4) is 0 Å². The summed E-state index contributed by atoms with van der Waals surface area (Å²) < 4.78 is 13.0. The summed E-state index contributed by atoms with van der Waals surface area (Å²) >= 11 is 2.23. The number of hydrogen-bond donors (Lipinski definition) is 2. The van der Waals surface area contributed by atoms with Crippen molar-refractivity contribution in [3.05, 3.63) is 56.5 Å². The molecule has 0 aliphatic heterocycles. The number of ether oxygens (including phenoxy) is 1. The number of halogens is 1. The van der Waals surface area contributed by atoms with E-state index in [0.29, 0.717) is 23.7 Å². The van der Waals surface area contributed by atoms with Gasteiger partial charge in [0.25, 0.3) is 5.91 Å². The van der Waals surface area contributed by atoms with Crippen molar-refractivity contribution in [2.45, 2.75) is 20.4 Å². The first kappa shape index (κ1) is 21.7. The largest absolute Gasteiger partial charge is 0.497 e. The Balaban J connectivity index is 1.47. The van der Waals surface area contributed by atoms with Crippen LogP contribution in [-0.4, -0.2) is 51.9 Å². The standard InChI is InChI=1S/C19H21IN6O4/c1-11-16(20)12(2)26(24-11)10-15-23-19(30-25-15)18(28)22-8-7-21-17(27)13-5-4-6-14(9-13)29-3/h4-6,9H,7-8,10H2,1-3H3,(H,21,27)(H,22,28). The molecule has 2 aromatic heterocycles. The maximum atomic E-state index is 12.2. The number of aryl methyl sites for hydroxylation is 1. The van der Waals surface area contributed by atoms with Crippen LogP contribution in [0.5, 0.6) is 5.75 Å². The van der Waals surface area contributed by atoms with Gasteiger partial charge in [0.15, 0.2) is 5.82 Å². The van der Waals surface area contributed by atoms with Gasteiger partial charge in [-0.05, 0) is 54.6 Å². The molecule has 11 heteroatoms. The molecule has 2 amide bonds. The molecule has 0 radical (unpaired) electrons. The van der Waals surface area contributed by atoms with Gasteiger partial charge in [-0.1, -0.05) is 11.2 Å². The monoisotopic (exact) mass is 524 g/mol. The van der Waals surface area contributed by atoms with Crippen LogP contribution in [0.4, 0.5) is 0 Å². The van der Waals surface area contributed by atoms with Crippen LogP contribution in [0.15, 0.2) is 28.8 Å². The smallest absolute Gasteiger partial charge is 0.316 e. The summed E-state index contributed by atoms with van der Waals surface area (Å²) in [6.07, 6.45) is 0. The Hall–Kier alpha value is -2.96. The molecular formula is C19H21IN6O4. The average molecular weight is 524 g/mol. The first-order valence-electron chi connectivity index (χ1n) is 9.11. The van der Waals surface area contributed by atoms with Gasteiger partial charge in [0.1, 0.15) is 12.3 Å². The maximum absolute atomic E-state index is 12.2. The topological polar surface area (TPSA) is 124 Å². The second-order valence-corrected chi connectivity index (χ2v) is 7.48. The highest BCUT2D eigenvalue weighted by atomic mass is 127. The molecule has 0 spiro atoms. The molecule has 2 heterocycles. The van der Waals surface area contributed by atoms with E-state index in [2.05, 4.69) is 48.5 Å². The number of carbonyl (C=O) groups is 2. The number of amides is 2. The van der Waals surface area contributed by atoms with Crippen LogP contribution in [0.25, 0.3) is 0 Å². The lowest BCUT2D eigenvalue weighted by atomic mass is 10.2. The molecule has 0 saturated carbocycles. The van der Waals surface area contributed by atoms with Gasteiger partial charge < -0.3 is 19.9 Å². The SMILES string of the molecule is COc1cccc(C(=O)NCCNC(=O)c2nc(Cn3nc(C)c(I)c3C)no2)c1. The van der Waals surface area contributed by atoms with Crippen LogP contribution in [0.1, 0.15) is 38.3 Å². The normalized spacial score (nSPS) is 10.7. The van der Waals surface area contributed by atoms with E-state index in [0.717, 1.165) is 15.0 Å². The van der Waals surface area contributed by atoms with E-state index in [1.807, 2.05) is 13.8 Å². The first-order valence-corrected chi connectivity index (χ1v) is 10.2. The summed E-state index contributed by atoms with van der Waals surface area (Å²) in [7, 11) is 1.54. The van der Waals surface area contributed by atoms with E-state index < -0.39 is 5.91 Å². The number of hydrogen-bond acceptors (Lipinski definition) is 7. The van der Waals surface area contributed by atoms with Gasteiger partial charge in [0.05, 0.1) is 16.4 Å². The maximum Gasteiger partial charge on any atom is 0.316 e. The highest BCUT2D eigenvalue weighted by molar-refractivity contribution is 14.1. The van der Waals surface area contributed by atoms with E-state index in [1.54, 1.807) is 28.9 Å². The fourth-order valence-corrected chi connectivity index (χ4v) is 3.05. The van der Waals surface area contributed by atoms with Crippen molar-refractivity contribution in [1.82, 2.24) is 30.6 Å². The molecule has 1 aromatic carbocycles. The van der Waals surface area contributed by atoms with Gasteiger partial charge in [-0.2, -0.15) is 10.1 Å². The lowest BCUT2D eigenvalue weighted by Gasteiger charge is -2.07. The lowest BCUT2D eigenvalue weighted by molar-refractivity contribution is 0.0898. The molecule has 0 saturated heterocycles. The summed E-state index contributed by atoms with van der Waals surface area (Å²) in [4.78, 5) is 28.4. The van der Waals surface area contributed by atoms with Gasteiger partial charge in [-0.3, -0.25) is 14.3 Å². The first-order chi connectivity index (χ1) is 14.4. The lowest BCUT2D eigenvalue weighted by Crippen LogP contribution is -2.34. The third-order valence-electron chi connectivity index (χ3n) is 4.27. The zero-order valence-electron chi connectivity index (χ0n) is 16.7. The second kappa shape index (κ2) is 9.69. The van der Waals surface area contributed by atoms with Crippen LogP contribution < -0.4 is 15.4 Å². The van der Waals surface area contributed by atoms with Crippen LogP contribution in [0, 0.1) is 17.4 Å². The van der Waals surface area contributed by atoms with E-state index in [4.69, 9.17) is 9.26 Å². The number of benzene rings is 1. The van der Waals surface area contributed by atoms with Crippen molar-refractivity contribution in [3.63, 3.8) is 0 Å². The zero-order chi connectivity index (χ0) is 21.7. The van der Waals surface area contributed by atoms with E-state index in [1.165, 1.54) is 7.11 Å². The number of carbonyl (C=O) groups excluding carboxylic acids is 2. The Labute approximate surface area is 186 Å². The molecule has 158 valence electrons. The fraction of sp³-hybridized carbons (Fsp3) is 0.316. The summed E-state index contributed by atoms with van der Waals surface area (Å²) in [5.74, 6) is 0.0437. The third kappa shape index (κ3) is 5.14. The van der Waals surface area contributed by atoms with Crippen molar-refractivity contribution < 1.29 is 18.8 Å². The number of rotatable bonds is 8. The highest BCUT2D eigenvalue weighted by Crippen LogP contribution is 2.16. The van der Waals surface area contributed by atoms with Crippen molar-refractivity contribution in [2.75, 3.05) is 20.2 Å². The minimum Gasteiger partial charge on any atom is -0.497 e. The minimum absolute atomic E-state index is 0.139. The summed E-state index contributed by atoms with van der Waals surface area (Å²) in [5, 5.41) is 13.6. The second-order valence-electron chi connectivity index (χ2n) is 6.40. The molecule has 2 N–H and O–H groups in total. The highest BCUT2D eigenvalue weighted by Gasteiger charge is 2.17. The molecule has 3 aromatic rings. The minimum atomic E-state index is -0.507. The number of nitrogens with zero attached hydrogens (tertiary/aromatic N) is 4. The third-order valence-corrected chi connectivity index (χ3v) is 5.84. The Morgan fingerprint density at radius 2 is 1.93 bits per heavy atom. The zero-order valence-corrected chi connectivity index (χ0v) is 18.9. The molecule has 0 fully saturated rings. The fourth-order valence-electron chi connectivity index (χ4n) is 2.67. The molecule has 0 atom stereocenters. The van der Waals surface area contributed by atoms with E-state index in [9.17, 15) is 9.59 Å². The number of nitrogens with one attached hydrogen (secondary N) is 2. The number of methoxy groups -OCH3 is 1. The van der Waals surface area contributed by atoms with Crippen LogP contribution >= 0.6 is 22.6 Å². The molecule has 10 nitrogen and oxygen atoms in total. The van der Waals surface area contributed by atoms with Crippen molar-refractivity contribution >= 4 is 34.4 Å². The average Bonchev–Trinajstić information content (AvgIpc) is 3.31. The van der Waals surface area contributed by atoms with E-state index in [-0.39, 0.29) is 24.9 Å². The molecule has 0 bridgehead atoms. The van der Waals surface area contributed by atoms with Crippen molar-refractivity contribution in [1.29, 1.82) is 0 Å². The molecule has 3 rings (SSSR count). The Bertz CT molecular complexity index is 1060. The van der Waals surface area contributed by atoms with E-state index >= 15 is 0 Å². The summed E-state index contributed by atoms with van der Waals surface area (Å²) in [5.41, 5.74) is 2.39. The van der Waals surface area contributed by atoms with Gasteiger partial charge >= 0.3 is 11.8 Å². The van der Waals surface area contributed by atoms with Crippen molar-refractivity contribution in [2.24, 2.45) is 0 Å². The molecule has 0 unspecified atom stereocenters. The molecular weight excluding hydrogens is 503 g/mol. The van der Waals surface area contributed by atoms with Crippen LogP contribution in [-0.2, 0) is 6.54 Å². The van der Waals surface area contributed by atoms with Gasteiger partial charge in [-0.25, -0.2) is 0 Å². The van der Waals surface area contributed by atoms with Gasteiger partial charge in [0.2, 0.25) is 0 Å². The van der Waals surface area contributed by atoms with Crippen molar-refractivity contribution in [3.8, 4) is 5.75 Å². The Morgan fingerprint density at radius 3 is 2.60 bits per heavy atom. The predicted octanol–water partition coefficient (Wildman–Crippen LogP) is 1.70. The molecule has 0 aliphatic carbocycles. The quantitative estimate of drug-likeness (QED) is 0.340. The predicted molar refractivity (Wildman–Crippen MR) is 115 cm³/mol.